The fourth-order valence-corrected chi connectivity index (χ4v) is 4.14. The maximum atomic E-state index is 13.4. The van der Waals surface area contributed by atoms with Crippen molar-refractivity contribution in [3.63, 3.8) is 0 Å². The Morgan fingerprint density at radius 1 is 1.09 bits per heavy atom. The minimum Gasteiger partial charge on any atom is -0.490 e. The molecule has 2 aromatic carbocycles. The summed E-state index contributed by atoms with van der Waals surface area (Å²) in [5.74, 6) is 1.29. The Labute approximate surface area is 192 Å². The number of fused-ring (bicyclic) bond motifs is 2. The largest absolute Gasteiger partial charge is 0.490 e. The Balaban J connectivity index is 1.82. The highest BCUT2D eigenvalue weighted by Gasteiger charge is 2.42. The van der Waals surface area contributed by atoms with Gasteiger partial charge in [-0.25, -0.2) is 0 Å². The minimum absolute atomic E-state index is 0.0207. The van der Waals surface area contributed by atoms with Crippen molar-refractivity contribution in [3.8, 4) is 11.5 Å². The SMILES string of the molecule is CCOc1cc([C@@H]2c3c(oc4ccccc4c3=O)C(=O)N2CCO)ccc1OCCC(C)C. The van der Waals surface area contributed by atoms with E-state index in [1.54, 1.807) is 30.3 Å². The van der Waals surface area contributed by atoms with Crippen molar-refractivity contribution in [3.05, 3.63) is 69.6 Å². The van der Waals surface area contributed by atoms with Gasteiger partial charge in [0.2, 0.25) is 5.76 Å². The van der Waals surface area contributed by atoms with Gasteiger partial charge in [-0.15, -0.1) is 0 Å². The highest BCUT2D eigenvalue weighted by molar-refractivity contribution is 5.99. The molecule has 0 saturated heterocycles. The first-order valence-electron chi connectivity index (χ1n) is 11.3. The number of amides is 1. The average molecular weight is 452 g/mol. The lowest BCUT2D eigenvalue weighted by Crippen LogP contribution is -2.32. The molecule has 2 heterocycles. The van der Waals surface area contributed by atoms with Crippen LogP contribution in [0.2, 0.25) is 0 Å². The molecule has 0 aliphatic carbocycles. The zero-order valence-corrected chi connectivity index (χ0v) is 19.2. The van der Waals surface area contributed by atoms with Crippen molar-refractivity contribution in [1.29, 1.82) is 0 Å². The Bertz CT molecular complexity index is 1220. The highest BCUT2D eigenvalue weighted by atomic mass is 16.5. The molecule has 1 N–H and O–H groups in total. The van der Waals surface area contributed by atoms with E-state index >= 15 is 0 Å². The molecule has 0 fully saturated rings. The van der Waals surface area contributed by atoms with E-state index in [-0.39, 0.29) is 29.9 Å². The Hall–Kier alpha value is -3.32. The molecule has 0 unspecified atom stereocenters. The summed E-state index contributed by atoms with van der Waals surface area (Å²) in [5, 5.41) is 10.0. The summed E-state index contributed by atoms with van der Waals surface area (Å²) in [5.41, 5.74) is 1.09. The number of hydrogen-bond acceptors (Lipinski definition) is 6. The number of benzene rings is 2. The van der Waals surface area contributed by atoms with Gasteiger partial charge in [-0.3, -0.25) is 9.59 Å². The van der Waals surface area contributed by atoms with Crippen LogP contribution < -0.4 is 14.9 Å². The molecule has 33 heavy (non-hydrogen) atoms. The maximum Gasteiger partial charge on any atom is 0.290 e. The third-order valence-electron chi connectivity index (χ3n) is 5.75. The molecule has 174 valence electrons. The molecule has 0 saturated carbocycles. The van der Waals surface area contributed by atoms with Crippen molar-refractivity contribution in [2.75, 3.05) is 26.4 Å². The molecule has 1 atom stereocenters. The number of aliphatic hydroxyl groups excluding tert-OH is 1. The number of carbonyl (C=O) groups excluding carboxylic acids is 1. The number of rotatable bonds is 9. The van der Waals surface area contributed by atoms with Crippen LogP contribution >= 0.6 is 0 Å². The van der Waals surface area contributed by atoms with Crippen LogP contribution in [-0.2, 0) is 0 Å². The smallest absolute Gasteiger partial charge is 0.290 e. The van der Waals surface area contributed by atoms with Gasteiger partial charge in [-0.05, 0) is 49.1 Å². The minimum atomic E-state index is -0.690. The molecule has 1 amide bonds. The number of ether oxygens (including phenoxy) is 2. The number of aliphatic hydroxyl groups is 1. The highest BCUT2D eigenvalue weighted by Crippen LogP contribution is 2.40. The summed E-state index contributed by atoms with van der Waals surface area (Å²) in [7, 11) is 0. The lowest BCUT2D eigenvalue weighted by Gasteiger charge is -2.25. The first-order valence-corrected chi connectivity index (χ1v) is 11.3. The van der Waals surface area contributed by atoms with Crippen LogP contribution in [-0.4, -0.2) is 42.3 Å². The standard InChI is InChI=1S/C26H29NO6/c1-4-31-21-15-17(9-10-20(21)32-14-11-16(2)3)23-22-24(29)18-7-5-6-8-19(18)33-25(22)26(30)27(23)12-13-28/h5-10,15-16,23,28H,4,11-14H2,1-3H3/t23-/m1/s1. The molecule has 1 aliphatic rings. The molecule has 4 rings (SSSR count). The molecule has 3 aromatic rings. The molecule has 0 radical (unpaired) electrons. The second-order valence-corrected chi connectivity index (χ2v) is 8.47. The van der Waals surface area contributed by atoms with Gasteiger partial charge < -0.3 is 23.9 Å². The first-order chi connectivity index (χ1) is 16.0. The summed E-state index contributed by atoms with van der Waals surface area (Å²) >= 11 is 0. The van der Waals surface area contributed by atoms with E-state index in [4.69, 9.17) is 13.9 Å². The van der Waals surface area contributed by atoms with E-state index in [0.29, 0.717) is 47.2 Å². The van der Waals surface area contributed by atoms with E-state index in [2.05, 4.69) is 13.8 Å². The third kappa shape index (κ3) is 4.33. The fourth-order valence-electron chi connectivity index (χ4n) is 4.14. The van der Waals surface area contributed by atoms with E-state index in [1.807, 2.05) is 19.1 Å². The molecule has 0 bridgehead atoms. The predicted molar refractivity (Wildman–Crippen MR) is 125 cm³/mol. The number of hydrogen-bond donors (Lipinski definition) is 1. The molecule has 7 nitrogen and oxygen atoms in total. The molecule has 7 heteroatoms. The van der Waals surface area contributed by atoms with Gasteiger partial charge >= 0.3 is 0 Å². The maximum absolute atomic E-state index is 13.4. The van der Waals surface area contributed by atoms with Crippen molar-refractivity contribution in [2.45, 2.75) is 33.2 Å². The topological polar surface area (TPSA) is 89.2 Å². The molecular formula is C26H29NO6. The number of nitrogens with zero attached hydrogens (tertiary/aromatic N) is 1. The third-order valence-corrected chi connectivity index (χ3v) is 5.75. The van der Waals surface area contributed by atoms with Crippen molar-refractivity contribution in [2.24, 2.45) is 5.92 Å². The van der Waals surface area contributed by atoms with Crippen molar-refractivity contribution < 1.29 is 23.8 Å². The van der Waals surface area contributed by atoms with Crippen LogP contribution in [0, 0.1) is 5.92 Å². The second-order valence-electron chi connectivity index (χ2n) is 8.47. The van der Waals surface area contributed by atoms with E-state index in [0.717, 1.165) is 6.42 Å². The fraction of sp³-hybridized carbons (Fsp3) is 0.385. The normalized spacial score (nSPS) is 15.4. The monoisotopic (exact) mass is 451 g/mol. The van der Waals surface area contributed by atoms with Gasteiger partial charge in [0.25, 0.3) is 5.91 Å². The van der Waals surface area contributed by atoms with Gasteiger partial charge in [0.1, 0.15) is 5.58 Å². The molecule has 1 aliphatic heterocycles. The summed E-state index contributed by atoms with van der Waals surface area (Å²) < 4.78 is 17.6. The summed E-state index contributed by atoms with van der Waals surface area (Å²) in [6.45, 7) is 6.99. The Kier molecular flexibility index (Phi) is 6.70. The average Bonchev–Trinajstić information content (AvgIpc) is 3.07. The van der Waals surface area contributed by atoms with Crippen molar-refractivity contribution in [1.82, 2.24) is 4.90 Å². The molecular weight excluding hydrogens is 422 g/mol. The lowest BCUT2D eigenvalue weighted by molar-refractivity contribution is 0.0691. The van der Waals surface area contributed by atoms with E-state index < -0.39 is 11.9 Å². The van der Waals surface area contributed by atoms with Crippen LogP contribution in [0.25, 0.3) is 11.0 Å². The number of carbonyl (C=O) groups is 1. The van der Waals surface area contributed by atoms with Gasteiger partial charge in [0, 0.05) is 6.54 Å². The Morgan fingerprint density at radius 3 is 2.61 bits per heavy atom. The van der Waals surface area contributed by atoms with E-state index in [9.17, 15) is 14.7 Å². The van der Waals surface area contributed by atoms with Gasteiger partial charge in [-0.2, -0.15) is 0 Å². The second kappa shape index (κ2) is 9.67. The van der Waals surface area contributed by atoms with Crippen LogP contribution in [0.5, 0.6) is 11.5 Å². The summed E-state index contributed by atoms with van der Waals surface area (Å²) in [6, 6.07) is 11.6. The first kappa shape index (κ1) is 22.9. The van der Waals surface area contributed by atoms with Gasteiger partial charge in [0.05, 0.1) is 36.8 Å². The quantitative estimate of drug-likeness (QED) is 0.526. The van der Waals surface area contributed by atoms with Crippen molar-refractivity contribution >= 4 is 16.9 Å². The van der Waals surface area contributed by atoms with Crippen LogP contribution in [0.15, 0.2) is 51.7 Å². The number of para-hydroxylation sites is 1. The van der Waals surface area contributed by atoms with E-state index in [1.165, 1.54) is 4.90 Å². The summed E-state index contributed by atoms with van der Waals surface area (Å²) in [6.07, 6.45) is 0.913. The van der Waals surface area contributed by atoms with Gasteiger partial charge in [0.15, 0.2) is 16.9 Å². The zero-order chi connectivity index (χ0) is 23.5. The zero-order valence-electron chi connectivity index (χ0n) is 19.2. The Morgan fingerprint density at radius 2 is 1.88 bits per heavy atom. The summed E-state index contributed by atoms with van der Waals surface area (Å²) in [4.78, 5) is 28.1. The predicted octanol–water partition coefficient (Wildman–Crippen LogP) is 4.15. The van der Waals surface area contributed by atoms with Crippen LogP contribution in [0.4, 0.5) is 0 Å². The lowest BCUT2D eigenvalue weighted by atomic mass is 9.98. The van der Waals surface area contributed by atoms with Crippen LogP contribution in [0.1, 0.15) is 54.9 Å². The molecule has 0 spiro atoms. The van der Waals surface area contributed by atoms with Gasteiger partial charge in [-0.1, -0.05) is 32.0 Å². The number of β-amino-alcohol motifs (C(OH)–C–C–N with tert-alkyl or cyclic N) is 1. The van der Waals surface area contributed by atoms with Crippen LogP contribution in [0.3, 0.4) is 0 Å². The molecule has 1 aromatic heterocycles.